The van der Waals surface area contributed by atoms with Crippen LogP contribution in [0.1, 0.15) is 33.1 Å². The van der Waals surface area contributed by atoms with Crippen molar-refractivity contribution in [2.24, 2.45) is 23.7 Å². The van der Waals surface area contributed by atoms with Crippen LogP contribution >= 0.6 is 0 Å². The molecule has 1 aliphatic carbocycles. The van der Waals surface area contributed by atoms with Gasteiger partial charge in [-0.2, -0.15) is 0 Å². The highest BCUT2D eigenvalue weighted by Gasteiger charge is 2.53. The number of methoxy groups -OCH3 is 2. The lowest BCUT2D eigenvalue weighted by Gasteiger charge is -2.33. The molecule has 1 heterocycles. The summed E-state index contributed by atoms with van der Waals surface area (Å²) in [5, 5.41) is 0. The molecule has 1 saturated heterocycles. The van der Waals surface area contributed by atoms with Gasteiger partial charge in [-0.05, 0) is 31.6 Å². The first-order valence-electron chi connectivity index (χ1n) is 7.83. The van der Waals surface area contributed by atoms with Crippen LogP contribution < -0.4 is 0 Å². The molecule has 2 rings (SSSR count). The molecule has 0 N–H and O–H groups in total. The second kappa shape index (κ2) is 6.49. The first kappa shape index (κ1) is 16.5. The largest absolute Gasteiger partial charge is 0.484 e. The quantitative estimate of drug-likeness (QED) is 0.756. The van der Waals surface area contributed by atoms with Gasteiger partial charge in [-0.25, -0.2) is 0 Å². The number of hydrogen-bond acceptors (Lipinski definition) is 4. The van der Waals surface area contributed by atoms with E-state index in [1.165, 1.54) is 0 Å². The van der Waals surface area contributed by atoms with E-state index in [1.807, 2.05) is 6.92 Å². The molecule has 2 fully saturated rings. The summed E-state index contributed by atoms with van der Waals surface area (Å²) < 4.78 is 16.5. The maximum Gasteiger partial charge on any atom is 0.180 e. The number of rotatable bonds is 6. The molecule has 0 bridgehead atoms. The molecule has 4 atom stereocenters. The molecule has 0 amide bonds. The van der Waals surface area contributed by atoms with Gasteiger partial charge in [0.2, 0.25) is 0 Å². The summed E-state index contributed by atoms with van der Waals surface area (Å²) in [6, 6.07) is 0. The first-order valence-corrected chi connectivity index (χ1v) is 7.83. The SMILES string of the molecule is C=C1C[C@@H](C)[C@](C)(C(=O)C2[C@@H](COC)CC[C@@H]2COC)O1. The van der Waals surface area contributed by atoms with Crippen molar-refractivity contribution in [1.29, 1.82) is 0 Å². The number of allylic oxidation sites excluding steroid dienone is 1. The maximum atomic E-state index is 13.2. The zero-order chi connectivity index (χ0) is 15.6. The van der Waals surface area contributed by atoms with Crippen LogP contribution in [0.15, 0.2) is 12.3 Å². The number of carbonyl (C=O) groups excluding carboxylic acids is 1. The Labute approximate surface area is 127 Å². The number of Topliss-reactive ketones (excluding diaryl/α,β-unsaturated/α-hetero) is 1. The van der Waals surface area contributed by atoms with Crippen LogP contribution in [0.25, 0.3) is 0 Å². The molecule has 0 aromatic rings. The molecule has 4 nitrogen and oxygen atoms in total. The van der Waals surface area contributed by atoms with Gasteiger partial charge in [-0.15, -0.1) is 0 Å². The second-order valence-corrected chi connectivity index (χ2v) is 6.75. The average molecular weight is 296 g/mol. The summed E-state index contributed by atoms with van der Waals surface area (Å²) >= 11 is 0. The van der Waals surface area contributed by atoms with E-state index < -0.39 is 5.60 Å². The van der Waals surface area contributed by atoms with Crippen LogP contribution in [0.2, 0.25) is 0 Å². The van der Waals surface area contributed by atoms with Gasteiger partial charge in [0, 0.05) is 45.7 Å². The molecule has 0 radical (unpaired) electrons. The molecule has 21 heavy (non-hydrogen) atoms. The highest BCUT2D eigenvalue weighted by molar-refractivity contribution is 5.90. The van der Waals surface area contributed by atoms with Crippen molar-refractivity contribution in [3.05, 3.63) is 12.3 Å². The van der Waals surface area contributed by atoms with Crippen molar-refractivity contribution in [2.45, 2.75) is 38.7 Å². The van der Waals surface area contributed by atoms with Crippen molar-refractivity contribution in [1.82, 2.24) is 0 Å². The smallest absolute Gasteiger partial charge is 0.180 e. The van der Waals surface area contributed by atoms with Gasteiger partial charge in [0.25, 0.3) is 0 Å². The Balaban J connectivity index is 2.22. The minimum absolute atomic E-state index is 0.0387. The van der Waals surface area contributed by atoms with E-state index in [-0.39, 0.29) is 29.5 Å². The number of ketones is 1. The molecule has 0 aromatic heterocycles. The Morgan fingerprint density at radius 2 is 1.81 bits per heavy atom. The van der Waals surface area contributed by atoms with Crippen LogP contribution in [-0.2, 0) is 19.0 Å². The fraction of sp³-hybridized carbons (Fsp3) is 0.824. The van der Waals surface area contributed by atoms with Gasteiger partial charge in [0.1, 0.15) is 0 Å². The van der Waals surface area contributed by atoms with Crippen molar-refractivity contribution >= 4 is 5.78 Å². The van der Waals surface area contributed by atoms with Crippen molar-refractivity contribution in [2.75, 3.05) is 27.4 Å². The number of hydrogen-bond donors (Lipinski definition) is 0. The zero-order valence-corrected chi connectivity index (χ0v) is 13.7. The Bertz CT molecular complexity index is 392. The topological polar surface area (TPSA) is 44.8 Å². The van der Waals surface area contributed by atoms with Gasteiger partial charge < -0.3 is 14.2 Å². The highest BCUT2D eigenvalue weighted by Crippen LogP contribution is 2.46. The average Bonchev–Trinajstić information content (AvgIpc) is 2.92. The van der Waals surface area contributed by atoms with Crippen LogP contribution in [0.4, 0.5) is 0 Å². The molecular weight excluding hydrogens is 268 g/mol. The molecule has 0 spiro atoms. The van der Waals surface area contributed by atoms with Gasteiger partial charge in [-0.3, -0.25) is 4.79 Å². The molecule has 4 heteroatoms. The summed E-state index contributed by atoms with van der Waals surface area (Å²) in [5.74, 6) is 1.60. The van der Waals surface area contributed by atoms with E-state index in [0.717, 1.165) is 25.0 Å². The normalized spacial score (nSPS) is 37.0. The Kier molecular flexibility index (Phi) is 5.10. The van der Waals surface area contributed by atoms with Crippen LogP contribution in [0.5, 0.6) is 0 Å². The first-order chi connectivity index (χ1) is 9.93. The van der Waals surface area contributed by atoms with E-state index >= 15 is 0 Å². The van der Waals surface area contributed by atoms with E-state index in [9.17, 15) is 4.79 Å². The monoisotopic (exact) mass is 296 g/mol. The third kappa shape index (κ3) is 3.02. The third-order valence-electron chi connectivity index (χ3n) is 5.31. The van der Waals surface area contributed by atoms with Crippen molar-refractivity contribution < 1.29 is 19.0 Å². The number of carbonyl (C=O) groups is 1. The third-order valence-corrected chi connectivity index (χ3v) is 5.31. The Hall–Kier alpha value is -0.870. The maximum absolute atomic E-state index is 13.2. The molecule has 0 unspecified atom stereocenters. The predicted molar refractivity (Wildman–Crippen MR) is 80.9 cm³/mol. The lowest BCUT2D eigenvalue weighted by Crippen LogP contribution is -2.47. The minimum atomic E-state index is -0.746. The van der Waals surface area contributed by atoms with Crippen LogP contribution in [0, 0.1) is 23.7 Å². The minimum Gasteiger partial charge on any atom is -0.484 e. The number of ether oxygens (including phenoxy) is 3. The lowest BCUT2D eigenvalue weighted by molar-refractivity contribution is -0.146. The van der Waals surface area contributed by atoms with E-state index in [4.69, 9.17) is 14.2 Å². The van der Waals surface area contributed by atoms with Gasteiger partial charge >= 0.3 is 0 Å². The predicted octanol–water partition coefficient (Wildman–Crippen LogP) is 2.82. The molecule has 1 aliphatic heterocycles. The molecule has 1 saturated carbocycles. The van der Waals surface area contributed by atoms with Gasteiger partial charge in [0.05, 0.1) is 5.76 Å². The van der Waals surface area contributed by atoms with Gasteiger partial charge in [0.15, 0.2) is 11.4 Å². The van der Waals surface area contributed by atoms with E-state index in [1.54, 1.807) is 14.2 Å². The van der Waals surface area contributed by atoms with Crippen molar-refractivity contribution in [3.8, 4) is 0 Å². The zero-order valence-electron chi connectivity index (χ0n) is 13.7. The Morgan fingerprint density at radius 1 is 1.29 bits per heavy atom. The molecular formula is C17H28O4. The molecule has 0 aromatic carbocycles. The summed E-state index contributed by atoms with van der Waals surface area (Å²) in [7, 11) is 3.40. The summed E-state index contributed by atoms with van der Waals surface area (Å²) in [6.45, 7) is 9.14. The Morgan fingerprint density at radius 3 is 2.19 bits per heavy atom. The fourth-order valence-electron chi connectivity index (χ4n) is 4.00. The summed E-state index contributed by atoms with van der Waals surface area (Å²) in [5.41, 5.74) is -0.746. The van der Waals surface area contributed by atoms with Crippen molar-refractivity contribution in [3.63, 3.8) is 0 Å². The standard InChI is InChI=1S/C17H28O4/c1-11-8-12(2)21-17(11,3)16(18)15-13(9-19-4)6-7-14(15)10-20-5/h11,13-15H,2,6-10H2,1,3-5H3/t11-,13-,14-,17-/m1/s1. The van der Waals surface area contributed by atoms with Crippen LogP contribution in [-0.4, -0.2) is 38.8 Å². The van der Waals surface area contributed by atoms with E-state index in [2.05, 4.69) is 13.5 Å². The summed E-state index contributed by atoms with van der Waals surface area (Å²) in [4.78, 5) is 13.2. The highest BCUT2D eigenvalue weighted by atomic mass is 16.5. The lowest BCUT2D eigenvalue weighted by atomic mass is 9.75. The van der Waals surface area contributed by atoms with E-state index in [0.29, 0.717) is 13.2 Å². The van der Waals surface area contributed by atoms with Crippen LogP contribution in [0.3, 0.4) is 0 Å². The molecule has 2 aliphatic rings. The second-order valence-electron chi connectivity index (χ2n) is 6.75. The van der Waals surface area contributed by atoms with Gasteiger partial charge in [-0.1, -0.05) is 13.5 Å². The fourth-order valence-corrected chi connectivity index (χ4v) is 4.00. The summed E-state index contributed by atoms with van der Waals surface area (Å²) in [6.07, 6.45) is 2.80. The molecule has 120 valence electrons.